The zero-order valence-electron chi connectivity index (χ0n) is 13.5. The highest BCUT2D eigenvalue weighted by molar-refractivity contribution is 5.77. The van der Waals surface area contributed by atoms with Crippen LogP contribution in [-0.2, 0) is 16.0 Å². The molecule has 1 unspecified atom stereocenters. The normalized spacial score (nSPS) is 14.7. The molecule has 0 aliphatic heterocycles. The van der Waals surface area contributed by atoms with Gasteiger partial charge in [-0.1, -0.05) is 51.1 Å². The first-order valence-corrected chi connectivity index (χ1v) is 7.58. The van der Waals surface area contributed by atoms with E-state index in [4.69, 9.17) is 4.74 Å². The summed E-state index contributed by atoms with van der Waals surface area (Å²) < 4.78 is 5.30. The molecule has 0 fully saturated rings. The quantitative estimate of drug-likeness (QED) is 0.679. The van der Waals surface area contributed by atoms with Crippen molar-refractivity contribution in [2.45, 2.75) is 53.9 Å². The van der Waals surface area contributed by atoms with Crippen LogP contribution in [0.25, 0.3) is 0 Å². The summed E-state index contributed by atoms with van der Waals surface area (Å²) >= 11 is 0. The number of esters is 1. The minimum absolute atomic E-state index is 0.0689. The molecule has 0 N–H and O–H groups in total. The van der Waals surface area contributed by atoms with Crippen molar-refractivity contribution in [1.82, 2.24) is 0 Å². The van der Waals surface area contributed by atoms with Crippen molar-refractivity contribution in [3.05, 3.63) is 35.9 Å². The van der Waals surface area contributed by atoms with Gasteiger partial charge in [-0.3, -0.25) is 4.79 Å². The van der Waals surface area contributed by atoms with E-state index in [1.165, 1.54) is 5.56 Å². The van der Waals surface area contributed by atoms with Crippen molar-refractivity contribution in [1.29, 1.82) is 0 Å². The van der Waals surface area contributed by atoms with Gasteiger partial charge in [0, 0.05) is 0 Å². The van der Waals surface area contributed by atoms with Gasteiger partial charge in [0.25, 0.3) is 0 Å². The van der Waals surface area contributed by atoms with Crippen LogP contribution in [0.3, 0.4) is 0 Å². The average molecular weight is 276 g/mol. The molecule has 0 amide bonds. The van der Waals surface area contributed by atoms with E-state index in [1.807, 2.05) is 19.9 Å². The Bertz CT molecular complexity index is 422. The molecule has 20 heavy (non-hydrogen) atoms. The Kier molecular flexibility index (Phi) is 5.79. The molecule has 0 radical (unpaired) electrons. The molecule has 2 nitrogen and oxygen atoms in total. The van der Waals surface area contributed by atoms with Gasteiger partial charge in [-0.2, -0.15) is 0 Å². The Hall–Kier alpha value is -1.31. The first-order valence-electron chi connectivity index (χ1n) is 7.58. The lowest BCUT2D eigenvalue weighted by molar-refractivity contribution is -0.162. The summed E-state index contributed by atoms with van der Waals surface area (Å²) in [4.78, 5) is 12.3. The molecule has 112 valence electrons. The lowest BCUT2D eigenvalue weighted by Gasteiger charge is -2.41. The SMILES string of the molecule is CCOC(=O)C(C)(CC)C(C)(C)CCc1ccccc1. The van der Waals surface area contributed by atoms with Crippen LogP contribution in [0, 0.1) is 10.8 Å². The van der Waals surface area contributed by atoms with Gasteiger partial charge < -0.3 is 4.74 Å². The van der Waals surface area contributed by atoms with E-state index in [0.29, 0.717) is 6.61 Å². The Balaban J connectivity index is 2.81. The van der Waals surface area contributed by atoms with Gasteiger partial charge in [0.05, 0.1) is 12.0 Å². The summed E-state index contributed by atoms with van der Waals surface area (Å²) in [5, 5.41) is 0. The smallest absolute Gasteiger partial charge is 0.312 e. The molecule has 1 rings (SSSR count). The second-order valence-electron chi connectivity index (χ2n) is 6.28. The van der Waals surface area contributed by atoms with Crippen LogP contribution in [0.5, 0.6) is 0 Å². The maximum absolute atomic E-state index is 12.3. The number of ether oxygens (including phenoxy) is 1. The molecule has 0 aliphatic carbocycles. The lowest BCUT2D eigenvalue weighted by atomic mass is 9.62. The number of rotatable bonds is 7. The molecule has 1 aromatic carbocycles. The number of benzene rings is 1. The third kappa shape index (κ3) is 3.62. The van der Waals surface area contributed by atoms with Crippen LogP contribution in [0.15, 0.2) is 30.3 Å². The van der Waals surface area contributed by atoms with Gasteiger partial charge in [0.2, 0.25) is 0 Å². The van der Waals surface area contributed by atoms with E-state index in [2.05, 4.69) is 45.0 Å². The molecule has 1 atom stereocenters. The number of hydrogen-bond donors (Lipinski definition) is 0. The lowest BCUT2D eigenvalue weighted by Crippen LogP contribution is -2.43. The van der Waals surface area contributed by atoms with Crippen molar-refractivity contribution < 1.29 is 9.53 Å². The molecule has 2 heteroatoms. The van der Waals surface area contributed by atoms with Crippen molar-refractivity contribution in [2.24, 2.45) is 10.8 Å². The first-order chi connectivity index (χ1) is 9.37. The van der Waals surface area contributed by atoms with Crippen LogP contribution >= 0.6 is 0 Å². The fraction of sp³-hybridized carbons (Fsp3) is 0.611. The minimum atomic E-state index is -0.433. The highest BCUT2D eigenvalue weighted by Gasteiger charge is 2.46. The van der Waals surface area contributed by atoms with E-state index >= 15 is 0 Å². The Morgan fingerprint density at radius 2 is 1.70 bits per heavy atom. The number of aryl methyl sites for hydroxylation is 1. The standard InChI is InChI=1S/C18H28O2/c1-6-18(5,16(19)20-7-2)17(3,4)14-13-15-11-9-8-10-12-15/h8-12H,6-7,13-14H2,1-5H3. The van der Waals surface area contributed by atoms with Gasteiger partial charge in [-0.25, -0.2) is 0 Å². The Morgan fingerprint density at radius 1 is 1.10 bits per heavy atom. The first kappa shape index (κ1) is 16.7. The zero-order valence-corrected chi connectivity index (χ0v) is 13.5. The summed E-state index contributed by atoms with van der Waals surface area (Å²) in [6.07, 6.45) is 2.76. The predicted molar refractivity (Wildman–Crippen MR) is 83.6 cm³/mol. The molecular formula is C18H28O2. The minimum Gasteiger partial charge on any atom is -0.466 e. The molecule has 0 bridgehead atoms. The van der Waals surface area contributed by atoms with Gasteiger partial charge in [0.1, 0.15) is 0 Å². The van der Waals surface area contributed by atoms with Crippen molar-refractivity contribution in [3.8, 4) is 0 Å². The third-order valence-electron chi connectivity index (χ3n) is 4.81. The maximum Gasteiger partial charge on any atom is 0.312 e. The zero-order chi connectivity index (χ0) is 15.2. The van der Waals surface area contributed by atoms with Gasteiger partial charge in [0.15, 0.2) is 0 Å². The maximum atomic E-state index is 12.3. The van der Waals surface area contributed by atoms with E-state index in [-0.39, 0.29) is 11.4 Å². The summed E-state index contributed by atoms with van der Waals surface area (Å²) in [6.45, 7) is 10.8. The van der Waals surface area contributed by atoms with Crippen LogP contribution in [0.4, 0.5) is 0 Å². The summed E-state index contributed by atoms with van der Waals surface area (Å²) in [6, 6.07) is 10.4. The van der Waals surface area contributed by atoms with E-state index in [1.54, 1.807) is 0 Å². The molecule has 0 aromatic heterocycles. The highest BCUT2D eigenvalue weighted by atomic mass is 16.5. The molecule has 0 heterocycles. The molecule has 0 saturated heterocycles. The average Bonchev–Trinajstić information content (AvgIpc) is 2.45. The number of hydrogen-bond acceptors (Lipinski definition) is 2. The summed E-state index contributed by atoms with van der Waals surface area (Å²) in [7, 11) is 0. The van der Waals surface area contributed by atoms with Crippen molar-refractivity contribution in [3.63, 3.8) is 0 Å². The summed E-state index contributed by atoms with van der Waals surface area (Å²) in [5.41, 5.74) is 0.796. The van der Waals surface area contributed by atoms with Crippen LogP contribution < -0.4 is 0 Å². The molecule has 0 saturated carbocycles. The monoisotopic (exact) mass is 276 g/mol. The number of carbonyl (C=O) groups excluding carboxylic acids is 1. The molecule has 0 spiro atoms. The fourth-order valence-corrected chi connectivity index (χ4v) is 2.57. The Morgan fingerprint density at radius 3 is 2.20 bits per heavy atom. The highest BCUT2D eigenvalue weighted by Crippen LogP contribution is 2.45. The third-order valence-corrected chi connectivity index (χ3v) is 4.81. The van der Waals surface area contributed by atoms with Gasteiger partial charge >= 0.3 is 5.97 Å². The van der Waals surface area contributed by atoms with Gasteiger partial charge in [-0.05, 0) is 44.1 Å². The van der Waals surface area contributed by atoms with Gasteiger partial charge in [-0.15, -0.1) is 0 Å². The summed E-state index contributed by atoms with van der Waals surface area (Å²) in [5.74, 6) is -0.0689. The number of carbonyl (C=O) groups is 1. The van der Waals surface area contributed by atoms with Crippen molar-refractivity contribution >= 4 is 5.97 Å². The van der Waals surface area contributed by atoms with E-state index in [9.17, 15) is 4.79 Å². The van der Waals surface area contributed by atoms with E-state index < -0.39 is 5.41 Å². The topological polar surface area (TPSA) is 26.3 Å². The van der Waals surface area contributed by atoms with Crippen LogP contribution in [-0.4, -0.2) is 12.6 Å². The largest absolute Gasteiger partial charge is 0.466 e. The Labute approximate surface area is 123 Å². The molecule has 0 aliphatic rings. The van der Waals surface area contributed by atoms with E-state index in [0.717, 1.165) is 19.3 Å². The fourth-order valence-electron chi connectivity index (χ4n) is 2.57. The second kappa shape index (κ2) is 6.92. The second-order valence-corrected chi connectivity index (χ2v) is 6.28. The molecule has 1 aromatic rings. The van der Waals surface area contributed by atoms with Crippen LogP contribution in [0.2, 0.25) is 0 Å². The predicted octanol–water partition coefficient (Wildman–Crippen LogP) is 4.62. The van der Waals surface area contributed by atoms with Crippen LogP contribution in [0.1, 0.15) is 53.0 Å². The van der Waals surface area contributed by atoms with Crippen molar-refractivity contribution in [2.75, 3.05) is 6.61 Å². The molecular weight excluding hydrogens is 248 g/mol.